The number of methoxy groups -OCH3 is 1. The van der Waals surface area contributed by atoms with Gasteiger partial charge in [-0.05, 0) is 97.3 Å². The van der Waals surface area contributed by atoms with Crippen LogP contribution in [-0.4, -0.2) is 71.2 Å². The molecule has 3 aromatic heterocycles. The number of benzene rings is 5. The second kappa shape index (κ2) is 22.5. The van der Waals surface area contributed by atoms with Gasteiger partial charge in [-0.25, -0.2) is 29.1 Å². The first-order chi connectivity index (χ1) is 34.2. The van der Waals surface area contributed by atoms with E-state index in [1.165, 1.54) is 36.7 Å². The van der Waals surface area contributed by atoms with Crippen LogP contribution >= 0.6 is 27.3 Å². The molecule has 71 heavy (non-hydrogen) atoms. The van der Waals surface area contributed by atoms with Crippen molar-refractivity contribution < 1.29 is 42.5 Å². The van der Waals surface area contributed by atoms with E-state index in [1.54, 1.807) is 37.6 Å². The van der Waals surface area contributed by atoms with Crippen molar-refractivity contribution in [2.45, 2.75) is 70.8 Å². The molecule has 12 nitrogen and oxygen atoms in total. The van der Waals surface area contributed by atoms with E-state index < -0.39 is 32.5 Å². The van der Waals surface area contributed by atoms with E-state index in [1.807, 2.05) is 72.8 Å². The molecule has 0 saturated heterocycles. The quantitative estimate of drug-likeness (QED) is 0.0571. The van der Waals surface area contributed by atoms with Gasteiger partial charge >= 0.3 is 11.9 Å². The highest BCUT2D eigenvalue weighted by atomic mass is 79.9. The maximum absolute atomic E-state index is 13.9. The summed E-state index contributed by atoms with van der Waals surface area (Å²) in [5.74, 6) is -0.472. The Morgan fingerprint density at radius 3 is 2.20 bits per heavy atom. The molecule has 1 N–H and O–H groups in total. The molecular weight excluding hydrogens is 1000 g/mol. The largest absolute Gasteiger partial charge is 0.496 e. The Balaban J connectivity index is 1.10. The molecule has 8 aromatic rings. The third-order valence-electron chi connectivity index (χ3n) is 12.0. The first-order valence-electron chi connectivity index (χ1n) is 22.9. The number of thiophene rings is 1. The standard InChI is InChI=1S/C55H52BrFN4O8SSi/c1-35(62)68-41(33-67-71(55(2,3)4,42-14-8-6-9-15-42)43-16-10-7-11-17-43)26-20-36-21-27-45(66-32-40-28-29-58-51(61-40)44-18-12-13-19-46(44)65-5)38(30-36)31-47(54(63)64)69-52-48-49(56)50(70-53(48)60-34-59-52)37-22-24-39(57)25-23-37/h6-19,21-25,27-30,34,41,47H,20,26,31-33H2,1-5H3,(H,63,64). The van der Waals surface area contributed by atoms with Gasteiger partial charge in [0.15, 0.2) is 5.82 Å². The minimum Gasteiger partial charge on any atom is -0.496 e. The molecule has 0 bridgehead atoms. The minimum atomic E-state index is -2.97. The molecule has 0 aliphatic carbocycles. The number of hydrogen-bond donors (Lipinski definition) is 1. The molecule has 0 saturated carbocycles. The van der Waals surface area contributed by atoms with Crippen molar-refractivity contribution in [1.82, 2.24) is 19.9 Å². The molecular formula is C55H52BrFN4O8SSi. The van der Waals surface area contributed by atoms with Crippen molar-refractivity contribution in [2.24, 2.45) is 0 Å². The number of carboxylic acid groups (broad SMARTS) is 1. The molecule has 0 spiro atoms. The maximum Gasteiger partial charge on any atom is 0.345 e. The number of carbonyl (C=O) groups excluding carboxylic acids is 1. The van der Waals surface area contributed by atoms with Crippen molar-refractivity contribution in [3.8, 4) is 39.2 Å². The average Bonchev–Trinajstić information content (AvgIpc) is 3.71. The number of fused-ring (bicyclic) bond motifs is 1. The Kier molecular flexibility index (Phi) is 16.0. The highest BCUT2D eigenvalue weighted by Gasteiger charge is 2.50. The number of carbonyl (C=O) groups is 2. The molecule has 0 aliphatic rings. The fourth-order valence-electron chi connectivity index (χ4n) is 8.66. The van der Waals surface area contributed by atoms with E-state index in [0.717, 1.165) is 26.4 Å². The van der Waals surface area contributed by atoms with Crippen LogP contribution in [0.3, 0.4) is 0 Å². The van der Waals surface area contributed by atoms with Gasteiger partial charge in [-0.1, -0.05) is 118 Å². The number of aryl methyl sites for hydroxylation is 1. The van der Waals surface area contributed by atoms with Gasteiger partial charge in [-0.15, -0.1) is 11.3 Å². The van der Waals surface area contributed by atoms with E-state index >= 15 is 0 Å². The Hall–Kier alpha value is -6.85. The first kappa shape index (κ1) is 50.5. The number of hydrogen-bond acceptors (Lipinski definition) is 12. The number of halogens is 2. The van der Waals surface area contributed by atoms with E-state index in [0.29, 0.717) is 61.7 Å². The fourth-order valence-corrected chi connectivity index (χ4v) is 15.2. The minimum absolute atomic E-state index is 0.0320. The SMILES string of the molecule is COc1ccccc1-c1nccc(COc2ccc(CCC(CO[Si](c3ccccc3)(c3ccccc3)C(C)(C)C)OC(C)=O)cc2CC(Oc2ncnc3sc(-c4ccc(F)cc4)c(Br)c23)C(=O)O)n1. The van der Waals surface area contributed by atoms with Gasteiger partial charge < -0.3 is 28.5 Å². The smallest absolute Gasteiger partial charge is 0.345 e. The second-order valence-corrected chi connectivity index (χ2v) is 23.9. The topological polar surface area (TPSA) is 152 Å². The first-order valence-corrected chi connectivity index (χ1v) is 26.5. The van der Waals surface area contributed by atoms with Gasteiger partial charge in [0.1, 0.15) is 41.2 Å². The molecule has 8 rings (SSSR count). The van der Waals surface area contributed by atoms with Gasteiger partial charge in [-0.3, -0.25) is 4.79 Å². The zero-order valence-electron chi connectivity index (χ0n) is 39.8. The summed E-state index contributed by atoms with van der Waals surface area (Å²) in [5.41, 5.74) is 3.42. The lowest BCUT2D eigenvalue weighted by Gasteiger charge is -2.43. The molecule has 2 unspecified atom stereocenters. The van der Waals surface area contributed by atoms with Crippen LogP contribution in [0.2, 0.25) is 5.04 Å². The van der Waals surface area contributed by atoms with Crippen LogP contribution in [0, 0.1) is 5.82 Å². The number of aromatic nitrogens is 4. The lowest BCUT2D eigenvalue weighted by atomic mass is 10.00. The molecule has 0 radical (unpaired) electrons. The van der Waals surface area contributed by atoms with Crippen molar-refractivity contribution in [3.05, 3.63) is 173 Å². The van der Waals surface area contributed by atoms with Crippen molar-refractivity contribution >= 4 is 68.1 Å². The van der Waals surface area contributed by atoms with Crippen LogP contribution in [0.5, 0.6) is 17.4 Å². The molecule has 2 atom stereocenters. The third kappa shape index (κ3) is 11.7. The van der Waals surface area contributed by atoms with Crippen LogP contribution in [-0.2, 0) is 38.2 Å². The van der Waals surface area contributed by atoms with Gasteiger partial charge in [0, 0.05) is 19.5 Å². The molecule has 0 aliphatic heterocycles. The van der Waals surface area contributed by atoms with E-state index in [2.05, 4.69) is 75.9 Å². The summed E-state index contributed by atoms with van der Waals surface area (Å²) in [7, 11) is -1.38. The number of para-hydroxylation sites is 1. The summed E-state index contributed by atoms with van der Waals surface area (Å²) >= 11 is 5.01. The van der Waals surface area contributed by atoms with Crippen molar-refractivity contribution in [1.29, 1.82) is 0 Å². The number of ether oxygens (including phenoxy) is 4. The molecule has 0 fully saturated rings. The summed E-state index contributed by atoms with van der Waals surface area (Å²) < 4.78 is 45.9. The third-order valence-corrected chi connectivity index (χ3v) is 19.2. The number of nitrogens with zero attached hydrogens (tertiary/aromatic N) is 4. The number of esters is 1. The van der Waals surface area contributed by atoms with Crippen LogP contribution in [0.15, 0.2) is 150 Å². The highest BCUT2D eigenvalue weighted by Crippen LogP contribution is 2.45. The Bertz CT molecular complexity index is 3080. The number of carboxylic acids is 1. The van der Waals surface area contributed by atoms with Gasteiger partial charge in [0.05, 0.1) is 39.7 Å². The zero-order chi connectivity index (χ0) is 50.1. The summed E-state index contributed by atoms with van der Waals surface area (Å²) in [6.45, 7) is 8.17. The lowest BCUT2D eigenvalue weighted by Crippen LogP contribution is -2.67. The molecule has 3 heterocycles. The Labute approximate surface area is 425 Å². The summed E-state index contributed by atoms with van der Waals surface area (Å²) in [6, 6.07) is 41.4. The monoisotopic (exact) mass is 1050 g/mol. The highest BCUT2D eigenvalue weighted by molar-refractivity contribution is 9.10. The fraction of sp³-hybridized carbons (Fsp3) is 0.236. The lowest BCUT2D eigenvalue weighted by molar-refractivity contribution is -0.148. The predicted octanol–water partition coefficient (Wildman–Crippen LogP) is 10.8. The molecule has 16 heteroatoms. The Morgan fingerprint density at radius 2 is 1.54 bits per heavy atom. The summed E-state index contributed by atoms with van der Waals surface area (Å²) in [6.07, 6.45) is 1.65. The van der Waals surface area contributed by atoms with Gasteiger partial charge in [-0.2, -0.15) is 0 Å². The number of rotatable bonds is 20. The van der Waals surface area contributed by atoms with Crippen LogP contribution < -0.4 is 24.6 Å². The summed E-state index contributed by atoms with van der Waals surface area (Å²) in [5, 5.41) is 13.2. The van der Waals surface area contributed by atoms with E-state index in [-0.39, 0.29) is 36.4 Å². The van der Waals surface area contributed by atoms with Crippen LogP contribution in [0.4, 0.5) is 4.39 Å². The van der Waals surface area contributed by atoms with Crippen LogP contribution in [0.1, 0.15) is 50.9 Å². The van der Waals surface area contributed by atoms with Gasteiger partial charge in [0.25, 0.3) is 8.32 Å². The average molecular weight is 1060 g/mol. The Morgan fingerprint density at radius 1 is 0.845 bits per heavy atom. The van der Waals surface area contributed by atoms with E-state index in [9.17, 15) is 19.1 Å². The van der Waals surface area contributed by atoms with Crippen molar-refractivity contribution in [3.63, 3.8) is 0 Å². The molecule has 0 amide bonds. The van der Waals surface area contributed by atoms with Crippen LogP contribution in [0.25, 0.3) is 32.0 Å². The second-order valence-electron chi connectivity index (χ2n) is 17.8. The maximum atomic E-state index is 13.9. The molecule has 364 valence electrons. The summed E-state index contributed by atoms with van der Waals surface area (Å²) in [4.78, 5) is 45.2. The zero-order valence-corrected chi connectivity index (χ0v) is 43.2. The molecule has 5 aromatic carbocycles. The number of aliphatic carboxylic acids is 1. The van der Waals surface area contributed by atoms with Gasteiger partial charge in [0.2, 0.25) is 12.0 Å². The predicted molar refractivity (Wildman–Crippen MR) is 279 cm³/mol. The van der Waals surface area contributed by atoms with E-state index in [4.69, 9.17) is 28.4 Å². The normalized spacial score (nSPS) is 12.5. The van der Waals surface area contributed by atoms with Crippen molar-refractivity contribution in [2.75, 3.05) is 13.7 Å².